The number of ether oxygens (including phenoxy) is 2. The van der Waals surface area contributed by atoms with Gasteiger partial charge in [-0.15, -0.1) is 0 Å². The Morgan fingerprint density at radius 3 is 2.51 bits per heavy atom. The molecule has 10 heteroatoms. The minimum Gasteiger partial charge on any atom is -0.496 e. The molecule has 0 unspecified atom stereocenters. The Kier molecular flexibility index (Phi) is 6.41. The second-order valence-corrected chi connectivity index (χ2v) is 9.85. The molecular formula is C27H21FN4O4S. The van der Waals surface area contributed by atoms with Crippen LogP contribution in [0.3, 0.4) is 0 Å². The van der Waals surface area contributed by atoms with E-state index in [0.717, 1.165) is 10.9 Å². The van der Waals surface area contributed by atoms with Crippen molar-refractivity contribution >= 4 is 26.6 Å². The van der Waals surface area contributed by atoms with Crippen LogP contribution in [0.5, 0.6) is 17.2 Å². The van der Waals surface area contributed by atoms with Gasteiger partial charge in [0.05, 0.1) is 17.7 Å². The first-order chi connectivity index (χ1) is 17.8. The van der Waals surface area contributed by atoms with Gasteiger partial charge in [0, 0.05) is 35.5 Å². The summed E-state index contributed by atoms with van der Waals surface area (Å²) in [4.78, 5) is 12.3. The summed E-state index contributed by atoms with van der Waals surface area (Å²) in [6.45, 7) is 1.79. The number of nitrogens with one attached hydrogen (secondary N) is 1. The van der Waals surface area contributed by atoms with Crippen LogP contribution in [0.2, 0.25) is 0 Å². The Morgan fingerprint density at radius 1 is 0.892 bits per heavy atom. The van der Waals surface area contributed by atoms with Crippen molar-refractivity contribution in [3.8, 4) is 28.5 Å². The molecule has 0 atom stereocenters. The van der Waals surface area contributed by atoms with Crippen LogP contribution in [-0.2, 0) is 10.0 Å². The first kappa shape index (κ1) is 24.1. The number of hydrogen-bond acceptors (Lipinski definition) is 7. The van der Waals surface area contributed by atoms with Crippen molar-refractivity contribution < 1.29 is 22.3 Å². The smallest absolute Gasteiger partial charge is 0.263 e. The number of sulfonamides is 1. The van der Waals surface area contributed by atoms with Crippen LogP contribution in [0.4, 0.5) is 10.2 Å². The van der Waals surface area contributed by atoms with Gasteiger partial charge in [0.1, 0.15) is 35.2 Å². The lowest BCUT2D eigenvalue weighted by molar-refractivity contribution is 0.410. The first-order valence-electron chi connectivity index (χ1n) is 11.1. The predicted octanol–water partition coefficient (Wildman–Crippen LogP) is 5.74. The molecule has 37 heavy (non-hydrogen) atoms. The number of methoxy groups -OCH3 is 1. The Bertz CT molecular complexity index is 1690. The first-order valence-corrected chi connectivity index (χ1v) is 12.6. The number of fused-ring (bicyclic) bond motifs is 1. The fraction of sp³-hybridized carbons (Fsp3) is 0.0741. The summed E-state index contributed by atoms with van der Waals surface area (Å²) in [5.74, 6) is 1.13. The topological polar surface area (TPSA) is 103 Å². The van der Waals surface area contributed by atoms with Gasteiger partial charge in [-0.25, -0.2) is 22.8 Å². The van der Waals surface area contributed by atoms with Crippen molar-refractivity contribution in [2.75, 3.05) is 11.8 Å². The summed E-state index contributed by atoms with van der Waals surface area (Å²) in [5.41, 5.74) is 2.04. The zero-order valence-electron chi connectivity index (χ0n) is 19.8. The second kappa shape index (κ2) is 9.82. The Hall–Kier alpha value is -4.57. The van der Waals surface area contributed by atoms with E-state index in [2.05, 4.69) is 19.7 Å². The molecule has 2 heterocycles. The van der Waals surface area contributed by atoms with E-state index >= 15 is 0 Å². The number of rotatable bonds is 7. The SMILES string of the molecule is COc1cc(Oc2cc(C)cc(F)c2)ccc1-c1nccc2cc(S(=O)(=O)Nc3ccncn3)ccc12. The molecular weight excluding hydrogens is 495 g/mol. The minimum atomic E-state index is -3.87. The summed E-state index contributed by atoms with van der Waals surface area (Å²) in [6, 6.07) is 17.7. The number of halogens is 1. The molecule has 0 amide bonds. The summed E-state index contributed by atoms with van der Waals surface area (Å²) in [5, 5.41) is 1.41. The third kappa shape index (κ3) is 5.19. The highest BCUT2D eigenvalue weighted by molar-refractivity contribution is 7.92. The Labute approximate surface area is 212 Å². The van der Waals surface area contributed by atoms with Crippen molar-refractivity contribution in [2.45, 2.75) is 11.8 Å². The van der Waals surface area contributed by atoms with E-state index in [1.165, 1.54) is 43.9 Å². The summed E-state index contributed by atoms with van der Waals surface area (Å²) < 4.78 is 53.4. The lowest BCUT2D eigenvalue weighted by Gasteiger charge is -2.14. The fourth-order valence-corrected chi connectivity index (χ4v) is 4.96. The minimum absolute atomic E-state index is 0.0804. The molecule has 5 rings (SSSR count). The predicted molar refractivity (Wildman–Crippen MR) is 138 cm³/mol. The summed E-state index contributed by atoms with van der Waals surface area (Å²) in [7, 11) is -2.33. The summed E-state index contributed by atoms with van der Waals surface area (Å²) >= 11 is 0. The molecule has 3 aromatic carbocycles. The average molecular weight is 517 g/mol. The molecule has 0 aliphatic carbocycles. The van der Waals surface area contributed by atoms with Gasteiger partial charge >= 0.3 is 0 Å². The number of aryl methyl sites for hydroxylation is 1. The second-order valence-electron chi connectivity index (χ2n) is 8.17. The van der Waals surface area contributed by atoms with Gasteiger partial charge < -0.3 is 9.47 Å². The highest BCUT2D eigenvalue weighted by atomic mass is 32.2. The zero-order valence-corrected chi connectivity index (χ0v) is 20.7. The van der Waals surface area contributed by atoms with Crippen molar-refractivity contribution in [3.63, 3.8) is 0 Å². The van der Waals surface area contributed by atoms with Crippen molar-refractivity contribution in [1.29, 1.82) is 0 Å². The number of pyridine rings is 1. The number of benzene rings is 3. The molecule has 1 N–H and O–H groups in total. The highest BCUT2D eigenvalue weighted by Gasteiger charge is 2.18. The number of nitrogens with zero attached hydrogens (tertiary/aromatic N) is 3. The van der Waals surface area contributed by atoms with E-state index in [1.54, 1.807) is 55.6 Å². The number of aromatic nitrogens is 3. The third-order valence-corrected chi connectivity index (χ3v) is 6.90. The molecule has 0 saturated heterocycles. The molecule has 8 nitrogen and oxygen atoms in total. The molecule has 0 aliphatic rings. The van der Waals surface area contributed by atoms with Crippen LogP contribution in [0.25, 0.3) is 22.0 Å². The van der Waals surface area contributed by atoms with Gasteiger partial charge in [-0.2, -0.15) is 0 Å². The normalized spacial score (nSPS) is 11.3. The maximum absolute atomic E-state index is 13.8. The van der Waals surface area contributed by atoms with Crippen molar-refractivity contribution in [2.24, 2.45) is 0 Å². The van der Waals surface area contributed by atoms with Crippen LogP contribution in [0.1, 0.15) is 5.56 Å². The number of anilines is 1. The van der Waals surface area contributed by atoms with Crippen LogP contribution >= 0.6 is 0 Å². The highest BCUT2D eigenvalue weighted by Crippen LogP contribution is 2.37. The van der Waals surface area contributed by atoms with Gasteiger partial charge in [-0.05, 0) is 66.4 Å². The Morgan fingerprint density at radius 2 is 1.76 bits per heavy atom. The molecule has 0 fully saturated rings. The van der Waals surface area contributed by atoms with Crippen molar-refractivity contribution in [1.82, 2.24) is 15.0 Å². The van der Waals surface area contributed by atoms with Crippen LogP contribution in [0.15, 0.2) is 90.3 Å². The lowest BCUT2D eigenvalue weighted by atomic mass is 10.0. The standard InChI is InChI=1S/C27H21FN4O4S/c1-17-11-19(28)14-21(12-17)36-20-3-5-24(25(15-20)35-2)27-23-6-4-22(13-18(23)7-10-30-27)37(33,34)32-26-8-9-29-16-31-26/h3-16H,1-2H3,(H,29,31,32). The number of hydrogen-bond donors (Lipinski definition) is 1. The molecule has 0 saturated carbocycles. The monoisotopic (exact) mass is 516 g/mol. The van der Waals surface area contributed by atoms with Gasteiger partial charge in [0.2, 0.25) is 0 Å². The summed E-state index contributed by atoms with van der Waals surface area (Å²) in [6.07, 6.45) is 4.32. The molecule has 0 spiro atoms. The zero-order chi connectivity index (χ0) is 26.0. The molecule has 0 aliphatic heterocycles. The van der Waals surface area contributed by atoms with Crippen molar-refractivity contribution in [3.05, 3.63) is 96.8 Å². The molecule has 186 valence electrons. The van der Waals surface area contributed by atoms with E-state index in [9.17, 15) is 12.8 Å². The lowest BCUT2D eigenvalue weighted by Crippen LogP contribution is -2.13. The third-order valence-electron chi connectivity index (χ3n) is 5.55. The Balaban J connectivity index is 1.49. The van der Waals surface area contributed by atoms with Crippen LogP contribution in [0, 0.1) is 12.7 Å². The van der Waals surface area contributed by atoms with Gasteiger partial charge in [0.25, 0.3) is 10.0 Å². The van der Waals surface area contributed by atoms with Gasteiger partial charge in [-0.1, -0.05) is 6.07 Å². The maximum atomic E-state index is 13.8. The van der Waals surface area contributed by atoms with E-state index in [1.807, 2.05) is 0 Å². The molecule has 0 radical (unpaired) electrons. The van der Waals surface area contributed by atoms with E-state index in [0.29, 0.717) is 33.9 Å². The van der Waals surface area contributed by atoms with Crippen LogP contribution in [-0.4, -0.2) is 30.5 Å². The molecule has 2 aromatic heterocycles. The molecule has 5 aromatic rings. The maximum Gasteiger partial charge on any atom is 0.263 e. The van der Waals surface area contributed by atoms with E-state index < -0.39 is 10.0 Å². The largest absolute Gasteiger partial charge is 0.496 e. The van der Waals surface area contributed by atoms with Gasteiger partial charge in [-0.3, -0.25) is 9.71 Å². The fourth-order valence-electron chi connectivity index (χ4n) is 3.91. The quantitative estimate of drug-likeness (QED) is 0.294. The van der Waals surface area contributed by atoms with E-state index in [4.69, 9.17) is 9.47 Å². The van der Waals surface area contributed by atoms with E-state index in [-0.39, 0.29) is 16.5 Å². The average Bonchev–Trinajstić information content (AvgIpc) is 2.88. The van der Waals surface area contributed by atoms with Gasteiger partial charge in [0.15, 0.2) is 0 Å². The van der Waals surface area contributed by atoms with Crippen LogP contribution < -0.4 is 14.2 Å². The molecule has 0 bridgehead atoms.